The number of likely N-dealkylation sites (tertiary alicyclic amines) is 1. The van der Waals surface area contributed by atoms with Crippen LogP contribution in [0.5, 0.6) is 11.5 Å². The first-order valence-electron chi connectivity index (χ1n) is 8.23. The minimum absolute atomic E-state index is 0.0602. The summed E-state index contributed by atoms with van der Waals surface area (Å²) in [4.78, 5) is 38.8. The maximum atomic E-state index is 12.3. The zero-order valence-corrected chi connectivity index (χ0v) is 14.1. The lowest BCUT2D eigenvalue weighted by molar-refractivity contribution is -0.135. The van der Waals surface area contributed by atoms with Gasteiger partial charge in [0, 0.05) is 19.1 Å². The van der Waals surface area contributed by atoms with Gasteiger partial charge < -0.3 is 19.7 Å². The molecule has 0 aliphatic carbocycles. The molecular formula is C17H21N3O5. The number of nitrogens with one attached hydrogen (secondary N) is 1. The van der Waals surface area contributed by atoms with Crippen molar-refractivity contribution in [1.29, 1.82) is 0 Å². The van der Waals surface area contributed by atoms with Gasteiger partial charge in [0.05, 0.1) is 13.7 Å². The standard InChI is InChI=1S/C17H21N3O5/c1-24-13-4-2-3-5-14(13)25-11-16(22)19-8-6-12(7-9-19)20-15(21)10-18-17(20)23/h2-5,12H,6-11H2,1H3,(H,18,23). The molecule has 0 radical (unpaired) electrons. The molecule has 0 saturated carbocycles. The van der Waals surface area contributed by atoms with Gasteiger partial charge in [-0.05, 0) is 25.0 Å². The molecule has 0 atom stereocenters. The van der Waals surface area contributed by atoms with Gasteiger partial charge in [0.2, 0.25) is 5.91 Å². The molecule has 2 aliphatic heterocycles. The Kier molecular flexibility index (Phi) is 5.06. The van der Waals surface area contributed by atoms with Gasteiger partial charge in [0.1, 0.15) is 0 Å². The maximum Gasteiger partial charge on any atom is 0.324 e. The summed E-state index contributed by atoms with van der Waals surface area (Å²) >= 11 is 0. The molecule has 0 aromatic heterocycles. The van der Waals surface area contributed by atoms with E-state index in [1.807, 2.05) is 12.1 Å². The predicted molar refractivity (Wildman–Crippen MR) is 88.3 cm³/mol. The van der Waals surface area contributed by atoms with E-state index in [1.165, 1.54) is 4.90 Å². The van der Waals surface area contributed by atoms with E-state index in [-0.39, 0.29) is 37.0 Å². The second-order valence-electron chi connectivity index (χ2n) is 5.97. The minimum atomic E-state index is -0.339. The van der Waals surface area contributed by atoms with Crippen molar-refractivity contribution in [3.63, 3.8) is 0 Å². The van der Waals surface area contributed by atoms with Crippen LogP contribution in [0.4, 0.5) is 4.79 Å². The van der Waals surface area contributed by atoms with Crippen LogP contribution in [0.3, 0.4) is 0 Å². The lowest BCUT2D eigenvalue weighted by Crippen LogP contribution is -2.49. The van der Waals surface area contributed by atoms with Crippen molar-refractivity contribution < 1.29 is 23.9 Å². The van der Waals surface area contributed by atoms with Gasteiger partial charge in [-0.3, -0.25) is 14.5 Å². The molecule has 2 aliphatic rings. The van der Waals surface area contributed by atoms with E-state index in [1.54, 1.807) is 24.1 Å². The summed E-state index contributed by atoms with van der Waals surface area (Å²) in [5, 5.41) is 2.52. The molecule has 1 aromatic rings. The van der Waals surface area contributed by atoms with Crippen molar-refractivity contribution >= 4 is 17.8 Å². The van der Waals surface area contributed by atoms with Crippen molar-refractivity contribution in [3.8, 4) is 11.5 Å². The van der Waals surface area contributed by atoms with Crippen LogP contribution < -0.4 is 14.8 Å². The normalized spacial score (nSPS) is 18.3. The molecule has 134 valence electrons. The first-order chi connectivity index (χ1) is 12.1. The molecule has 0 unspecified atom stereocenters. The highest BCUT2D eigenvalue weighted by Gasteiger charge is 2.37. The number of nitrogens with zero attached hydrogens (tertiary/aromatic N) is 2. The lowest BCUT2D eigenvalue weighted by Gasteiger charge is -2.35. The van der Waals surface area contributed by atoms with Crippen molar-refractivity contribution in [3.05, 3.63) is 24.3 Å². The zero-order chi connectivity index (χ0) is 17.8. The molecule has 25 heavy (non-hydrogen) atoms. The molecule has 0 bridgehead atoms. The average molecular weight is 347 g/mol. The Morgan fingerprint density at radius 1 is 1.20 bits per heavy atom. The Bertz CT molecular complexity index is 654. The van der Waals surface area contributed by atoms with E-state index >= 15 is 0 Å². The molecule has 2 saturated heterocycles. The minimum Gasteiger partial charge on any atom is -0.493 e. The predicted octanol–water partition coefficient (Wildman–Crippen LogP) is 0.617. The molecule has 0 spiro atoms. The van der Waals surface area contributed by atoms with Crippen molar-refractivity contribution in [2.45, 2.75) is 18.9 Å². The SMILES string of the molecule is COc1ccccc1OCC(=O)N1CCC(N2C(=O)CNC2=O)CC1. The fourth-order valence-electron chi connectivity index (χ4n) is 3.15. The summed E-state index contributed by atoms with van der Waals surface area (Å²) in [6, 6.07) is 6.67. The number of benzene rings is 1. The summed E-state index contributed by atoms with van der Waals surface area (Å²) in [6.45, 7) is 0.977. The van der Waals surface area contributed by atoms with Gasteiger partial charge in [0.25, 0.3) is 5.91 Å². The summed E-state index contributed by atoms with van der Waals surface area (Å²) in [7, 11) is 1.55. The molecule has 1 aromatic carbocycles. The van der Waals surface area contributed by atoms with E-state index < -0.39 is 0 Å². The van der Waals surface area contributed by atoms with Gasteiger partial charge in [-0.25, -0.2) is 4.79 Å². The van der Waals surface area contributed by atoms with Crippen molar-refractivity contribution in [1.82, 2.24) is 15.1 Å². The highest BCUT2D eigenvalue weighted by molar-refractivity contribution is 6.02. The number of hydrogen-bond acceptors (Lipinski definition) is 5. The van der Waals surface area contributed by atoms with Crippen LogP contribution in [0.2, 0.25) is 0 Å². The van der Waals surface area contributed by atoms with Crippen LogP contribution in [-0.4, -0.2) is 67.0 Å². The Hall–Kier alpha value is -2.77. The number of imide groups is 1. The monoisotopic (exact) mass is 347 g/mol. The average Bonchev–Trinajstić information content (AvgIpc) is 2.98. The zero-order valence-electron chi connectivity index (χ0n) is 14.1. The smallest absolute Gasteiger partial charge is 0.324 e. The van der Waals surface area contributed by atoms with E-state index in [2.05, 4.69) is 5.32 Å². The van der Waals surface area contributed by atoms with Crippen LogP contribution in [-0.2, 0) is 9.59 Å². The van der Waals surface area contributed by atoms with Crippen LogP contribution in [0.15, 0.2) is 24.3 Å². The second kappa shape index (κ2) is 7.42. The quantitative estimate of drug-likeness (QED) is 0.789. The fourth-order valence-corrected chi connectivity index (χ4v) is 3.15. The van der Waals surface area contributed by atoms with Gasteiger partial charge in [-0.15, -0.1) is 0 Å². The Balaban J connectivity index is 1.50. The molecular weight excluding hydrogens is 326 g/mol. The number of carbonyl (C=O) groups excluding carboxylic acids is 3. The molecule has 1 N–H and O–H groups in total. The number of hydrogen-bond donors (Lipinski definition) is 1. The van der Waals surface area contributed by atoms with Gasteiger partial charge in [-0.1, -0.05) is 12.1 Å². The Labute approximate surface area is 145 Å². The van der Waals surface area contributed by atoms with Crippen LogP contribution in [0, 0.1) is 0 Å². The van der Waals surface area contributed by atoms with E-state index in [9.17, 15) is 14.4 Å². The second-order valence-corrected chi connectivity index (χ2v) is 5.97. The Morgan fingerprint density at radius 2 is 1.88 bits per heavy atom. The molecule has 2 heterocycles. The van der Waals surface area contributed by atoms with E-state index in [0.717, 1.165) is 0 Å². The number of amides is 4. The third-order valence-electron chi connectivity index (χ3n) is 4.48. The van der Waals surface area contributed by atoms with E-state index in [0.29, 0.717) is 37.4 Å². The summed E-state index contributed by atoms with van der Waals surface area (Å²) in [5.41, 5.74) is 0. The van der Waals surface area contributed by atoms with Gasteiger partial charge >= 0.3 is 6.03 Å². The molecule has 8 nitrogen and oxygen atoms in total. The number of carbonyl (C=O) groups is 3. The third-order valence-corrected chi connectivity index (χ3v) is 4.48. The summed E-state index contributed by atoms with van der Waals surface area (Å²) in [5.74, 6) is 0.774. The number of para-hydroxylation sites is 2. The van der Waals surface area contributed by atoms with E-state index in [4.69, 9.17) is 9.47 Å². The van der Waals surface area contributed by atoms with Crippen LogP contribution in [0.25, 0.3) is 0 Å². The molecule has 3 rings (SSSR count). The third kappa shape index (κ3) is 3.67. The highest BCUT2D eigenvalue weighted by Crippen LogP contribution is 2.26. The Morgan fingerprint density at radius 3 is 2.48 bits per heavy atom. The lowest BCUT2D eigenvalue weighted by atomic mass is 10.0. The molecule has 4 amide bonds. The first-order valence-corrected chi connectivity index (χ1v) is 8.23. The number of urea groups is 1. The topological polar surface area (TPSA) is 88.2 Å². The number of ether oxygens (including phenoxy) is 2. The fraction of sp³-hybridized carbons (Fsp3) is 0.471. The maximum absolute atomic E-state index is 12.3. The number of piperidine rings is 1. The van der Waals surface area contributed by atoms with Crippen LogP contribution >= 0.6 is 0 Å². The van der Waals surface area contributed by atoms with Gasteiger partial charge in [0.15, 0.2) is 18.1 Å². The molecule has 2 fully saturated rings. The highest BCUT2D eigenvalue weighted by atomic mass is 16.5. The number of methoxy groups -OCH3 is 1. The van der Waals surface area contributed by atoms with Gasteiger partial charge in [-0.2, -0.15) is 0 Å². The molecule has 8 heteroatoms. The summed E-state index contributed by atoms with van der Waals surface area (Å²) < 4.78 is 10.7. The van der Waals surface area contributed by atoms with Crippen LogP contribution in [0.1, 0.15) is 12.8 Å². The first kappa shape index (κ1) is 17.1. The number of rotatable bonds is 5. The van der Waals surface area contributed by atoms with Crippen molar-refractivity contribution in [2.75, 3.05) is 33.4 Å². The van der Waals surface area contributed by atoms with Crippen molar-refractivity contribution in [2.24, 2.45) is 0 Å². The summed E-state index contributed by atoms with van der Waals surface area (Å²) in [6.07, 6.45) is 1.17. The largest absolute Gasteiger partial charge is 0.493 e.